The van der Waals surface area contributed by atoms with Crippen molar-refractivity contribution in [3.05, 3.63) is 81.5 Å². The first-order valence-electron chi connectivity index (χ1n) is 6.46. The number of rotatable bonds is 3. The molecule has 0 spiro atoms. The minimum Gasteiger partial charge on any atom is -0.402 e. The predicted octanol–water partition coefficient (Wildman–Crippen LogP) is 2.94. The summed E-state index contributed by atoms with van der Waals surface area (Å²) in [5.41, 5.74) is 0.925. The number of nitro benzene ring substituents is 1. The first-order valence-corrected chi connectivity index (χ1v) is 6.46. The van der Waals surface area contributed by atoms with Crippen LogP contribution in [0, 0.1) is 10.1 Å². The number of benzene rings is 2. The lowest BCUT2D eigenvalue weighted by molar-refractivity contribution is -0.385. The van der Waals surface area contributed by atoms with Crippen LogP contribution < -0.4 is 0 Å². The summed E-state index contributed by atoms with van der Waals surface area (Å²) in [5.74, 6) is -0.684. The van der Waals surface area contributed by atoms with Crippen molar-refractivity contribution < 1.29 is 14.5 Å². The number of nitrogens with zero attached hydrogens (tertiary/aromatic N) is 2. The van der Waals surface area contributed by atoms with Crippen LogP contribution in [-0.4, -0.2) is 16.8 Å². The van der Waals surface area contributed by atoms with E-state index < -0.39 is 10.9 Å². The highest BCUT2D eigenvalue weighted by Gasteiger charge is 2.28. The van der Waals surface area contributed by atoms with E-state index in [4.69, 9.17) is 4.74 Å². The quantitative estimate of drug-likeness (QED) is 0.377. The van der Waals surface area contributed by atoms with Crippen molar-refractivity contribution in [2.75, 3.05) is 0 Å². The zero-order chi connectivity index (χ0) is 15.5. The largest absolute Gasteiger partial charge is 0.402 e. The Bertz CT molecular complexity index is 810. The van der Waals surface area contributed by atoms with Crippen LogP contribution in [0.2, 0.25) is 0 Å². The van der Waals surface area contributed by atoms with Crippen molar-refractivity contribution in [3.8, 4) is 0 Å². The van der Waals surface area contributed by atoms with Crippen LogP contribution >= 0.6 is 0 Å². The smallest absolute Gasteiger partial charge is 0.363 e. The molecule has 1 aliphatic rings. The maximum Gasteiger partial charge on any atom is 0.363 e. The number of carbonyl (C=O) groups excluding carboxylic acids is 1. The molecular weight excluding hydrogens is 284 g/mol. The number of para-hydroxylation sites is 1. The van der Waals surface area contributed by atoms with E-state index in [1.165, 1.54) is 12.1 Å². The Morgan fingerprint density at radius 1 is 1.05 bits per heavy atom. The van der Waals surface area contributed by atoms with Gasteiger partial charge in [0.25, 0.3) is 5.69 Å². The molecule has 0 aliphatic carbocycles. The van der Waals surface area contributed by atoms with Gasteiger partial charge in [-0.05, 0) is 17.7 Å². The number of aliphatic imine (C=N–C) groups is 1. The maximum atomic E-state index is 11.9. The summed E-state index contributed by atoms with van der Waals surface area (Å²) in [6, 6.07) is 15.2. The van der Waals surface area contributed by atoms with E-state index in [0.717, 1.165) is 5.56 Å². The molecule has 0 bridgehead atoms. The Hall–Kier alpha value is -3.28. The fourth-order valence-corrected chi connectivity index (χ4v) is 2.05. The van der Waals surface area contributed by atoms with E-state index in [0.29, 0.717) is 0 Å². The highest BCUT2D eigenvalue weighted by atomic mass is 16.6. The fourth-order valence-electron chi connectivity index (χ4n) is 2.05. The molecule has 0 atom stereocenters. The average Bonchev–Trinajstić information content (AvgIpc) is 2.89. The van der Waals surface area contributed by atoms with Gasteiger partial charge >= 0.3 is 5.97 Å². The van der Waals surface area contributed by atoms with Crippen LogP contribution in [0.15, 0.2) is 65.3 Å². The summed E-state index contributed by atoms with van der Waals surface area (Å²) in [4.78, 5) is 26.4. The van der Waals surface area contributed by atoms with Crippen molar-refractivity contribution >= 4 is 23.6 Å². The van der Waals surface area contributed by atoms with Crippen LogP contribution in [0.4, 0.5) is 5.69 Å². The first-order chi connectivity index (χ1) is 10.6. The van der Waals surface area contributed by atoms with Gasteiger partial charge in [0.05, 0.1) is 4.92 Å². The lowest BCUT2D eigenvalue weighted by Gasteiger charge is -2.00. The number of hydrogen-bond donors (Lipinski definition) is 0. The molecule has 2 aromatic carbocycles. The second kappa shape index (κ2) is 5.61. The Kier molecular flexibility index (Phi) is 3.49. The van der Waals surface area contributed by atoms with E-state index in [9.17, 15) is 14.9 Å². The van der Waals surface area contributed by atoms with Crippen molar-refractivity contribution in [3.63, 3.8) is 0 Å². The molecular formula is C16H10N2O4. The third-order valence-electron chi connectivity index (χ3n) is 3.05. The molecule has 3 rings (SSSR count). The summed E-state index contributed by atoms with van der Waals surface area (Å²) < 4.78 is 5.06. The SMILES string of the molecule is O=C1OC(c2ccccc2[N+](=O)[O-])=N/C1=C/c1ccccc1. The zero-order valence-electron chi connectivity index (χ0n) is 11.3. The Morgan fingerprint density at radius 3 is 2.45 bits per heavy atom. The zero-order valence-corrected chi connectivity index (χ0v) is 11.3. The predicted molar refractivity (Wildman–Crippen MR) is 80.1 cm³/mol. The van der Waals surface area contributed by atoms with E-state index in [2.05, 4.69) is 4.99 Å². The topological polar surface area (TPSA) is 81.8 Å². The normalized spacial score (nSPS) is 15.5. The molecule has 6 heteroatoms. The number of hydrogen-bond acceptors (Lipinski definition) is 5. The molecule has 0 aromatic heterocycles. The number of nitro groups is 1. The molecule has 0 fully saturated rings. The highest BCUT2D eigenvalue weighted by Crippen LogP contribution is 2.24. The van der Waals surface area contributed by atoms with E-state index >= 15 is 0 Å². The number of ether oxygens (including phenoxy) is 1. The number of carbonyl (C=O) groups is 1. The molecule has 0 N–H and O–H groups in total. The van der Waals surface area contributed by atoms with E-state index in [1.807, 2.05) is 30.3 Å². The maximum absolute atomic E-state index is 11.9. The molecule has 2 aromatic rings. The molecule has 0 saturated heterocycles. The van der Waals surface area contributed by atoms with Crippen molar-refractivity contribution in [2.24, 2.45) is 4.99 Å². The Labute approximate surface area is 125 Å². The van der Waals surface area contributed by atoms with Gasteiger partial charge in [0, 0.05) is 6.07 Å². The summed E-state index contributed by atoms with van der Waals surface area (Å²) in [7, 11) is 0. The van der Waals surface area contributed by atoms with Gasteiger partial charge in [-0.15, -0.1) is 0 Å². The molecule has 108 valence electrons. The summed E-state index contributed by atoms with van der Waals surface area (Å²) in [6.07, 6.45) is 1.57. The van der Waals surface area contributed by atoms with Gasteiger partial charge < -0.3 is 4.74 Å². The third kappa shape index (κ3) is 2.62. The second-order valence-corrected chi connectivity index (χ2v) is 4.52. The molecule has 0 amide bonds. The lowest BCUT2D eigenvalue weighted by Crippen LogP contribution is -2.07. The molecule has 0 unspecified atom stereocenters. The van der Waals surface area contributed by atoms with Gasteiger partial charge in [0.2, 0.25) is 5.90 Å². The van der Waals surface area contributed by atoms with E-state index in [1.54, 1.807) is 18.2 Å². The number of cyclic esters (lactones) is 1. The second-order valence-electron chi connectivity index (χ2n) is 4.52. The summed E-state index contributed by atoms with van der Waals surface area (Å²) in [5, 5.41) is 11.0. The average molecular weight is 294 g/mol. The first kappa shape index (κ1) is 13.7. The minimum absolute atomic E-state index is 0.0560. The molecule has 6 nitrogen and oxygen atoms in total. The molecule has 1 aliphatic heterocycles. The third-order valence-corrected chi connectivity index (χ3v) is 3.05. The highest BCUT2D eigenvalue weighted by molar-refractivity contribution is 6.14. The van der Waals surface area contributed by atoms with Crippen molar-refractivity contribution in [1.29, 1.82) is 0 Å². The van der Waals surface area contributed by atoms with Crippen LogP contribution in [0.3, 0.4) is 0 Å². The molecule has 0 saturated carbocycles. The Balaban J connectivity index is 2.01. The van der Waals surface area contributed by atoms with Gasteiger partial charge in [-0.3, -0.25) is 10.1 Å². The lowest BCUT2D eigenvalue weighted by atomic mass is 10.2. The summed E-state index contributed by atoms with van der Waals surface area (Å²) in [6.45, 7) is 0. The standard InChI is InChI=1S/C16H10N2O4/c19-16-13(10-11-6-2-1-3-7-11)17-15(22-16)12-8-4-5-9-14(12)18(20)21/h1-10H/b13-10+. The minimum atomic E-state index is -0.628. The Morgan fingerprint density at radius 2 is 1.73 bits per heavy atom. The van der Waals surface area contributed by atoms with Gasteiger partial charge in [0.1, 0.15) is 5.56 Å². The van der Waals surface area contributed by atoms with Gasteiger partial charge in [-0.25, -0.2) is 9.79 Å². The van der Waals surface area contributed by atoms with Crippen LogP contribution in [0.5, 0.6) is 0 Å². The van der Waals surface area contributed by atoms with Gasteiger partial charge in [0.15, 0.2) is 5.70 Å². The van der Waals surface area contributed by atoms with Crippen molar-refractivity contribution in [2.45, 2.75) is 0 Å². The summed E-state index contributed by atoms with van der Waals surface area (Å²) >= 11 is 0. The van der Waals surface area contributed by atoms with Crippen LogP contribution in [0.25, 0.3) is 6.08 Å². The van der Waals surface area contributed by atoms with Crippen LogP contribution in [0.1, 0.15) is 11.1 Å². The number of esters is 1. The van der Waals surface area contributed by atoms with E-state index in [-0.39, 0.29) is 22.8 Å². The molecule has 1 heterocycles. The van der Waals surface area contributed by atoms with Gasteiger partial charge in [-0.1, -0.05) is 42.5 Å². The fraction of sp³-hybridized carbons (Fsp3) is 0. The molecule has 0 radical (unpaired) electrons. The molecule has 22 heavy (non-hydrogen) atoms. The monoisotopic (exact) mass is 294 g/mol. The van der Waals surface area contributed by atoms with Crippen LogP contribution in [-0.2, 0) is 9.53 Å². The van der Waals surface area contributed by atoms with Crippen molar-refractivity contribution in [1.82, 2.24) is 0 Å². The van der Waals surface area contributed by atoms with Gasteiger partial charge in [-0.2, -0.15) is 0 Å².